The van der Waals surface area contributed by atoms with Crippen molar-refractivity contribution >= 4 is 51.7 Å². The van der Waals surface area contributed by atoms with E-state index < -0.39 is 0 Å². The molecule has 3 aliphatic rings. The molecule has 0 unspecified atom stereocenters. The Bertz CT molecular complexity index is 1520. The third-order valence-corrected chi connectivity index (χ3v) is 8.45. The normalized spacial score (nSPS) is 19.0. The molecule has 2 fully saturated rings. The van der Waals surface area contributed by atoms with Gasteiger partial charge in [-0.05, 0) is 61.1 Å². The summed E-state index contributed by atoms with van der Waals surface area (Å²) in [6.07, 6.45) is 5.47. The predicted molar refractivity (Wildman–Crippen MR) is 148 cm³/mol. The minimum Gasteiger partial charge on any atom is -0.454 e. The topological polar surface area (TPSA) is 76.4 Å². The van der Waals surface area contributed by atoms with Crippen LogP contribution in [0.2, 0.25) is 0 Å². The Kier molecular flexibility index (Phi) is 6.16. The number of nitrogens with zero attached hydrogens (tertiary/aromatic N) is 4. The van der Waals surface area contributed by atoms with Crippen LogP contribution in [-0.4, -0.2) is 44.4 Å². The molecule has 0 aliphatic carbocycles. The Morgan fingerprint density at radius 3 is 2.76 bits per heavy atom. The van der Waals surface area contributed by atoms with Gasteiger partial charge in [0.25, 0.3) is 11.5 Å². The smallest absolute Gasteiger partial charge is 0.267 e. The van der Waals surface area contributed by atoms with E-state index in [-0.39, 0.29) is 18.3 Å². The lowest BCUT2D eigenvalue weighted by Crippen LogP contribution is -2.36. The fourth-order valence-electron chi connectivity index (χ4n) is 4.88. The molecule has 37 heavy (non-hydrogen) atoms. The second-order valence-corrected chi connectivity index (χ2v) is 11.3. The quantitative estimate of drug-likeness (QED) is 0.361. The number of thioether (sulfide) groups is 1. The lowest BCUT2D eigenvalue weighted by atomic mass is 9.99. The number of piperidine rings is 1. The van der Waals surface area contributed by atoms with Crippen LogP contribution in [0.1, 0.15) is 36.5 Å². The summed E-state index contributed by atoms with van der Waals surface area (Å²) in [6, 6.07) is 9.38. The standard InChI is InChI=1S/C27H26N4O4S2/c1-16-7-10-29(11-8-16)24-19(25(32)30-9-3-4-17(2)23(30)28-24)13-22-26(33)31(27(36)37-22)14-18-5-6-20-21(12-18)35-15-34-20/h3-6,9,12-13,16H,7-8,10-11,14-15H2,1-2H3/b22-13-. The van der Waals surface area contributed by atoms with Gasteiger partial charge in [-0.15, -0.1) is 0 Å². The van der Waals surface area contributed by atoms with Crippen LogP contribution in [0.4, 0.5) is 5.82 Å². The zero-order chi connectivity index (χ0) is 25.7. The van der Waals surface area contributed by atoms with Gasteiger partial charge in [0.2, 0.25) is 6.79 Å². The molecule has 3 aromatic rings. The first-order chi connectivity index (χ1) is 17.9. The third-order valence-electron chi connectivity index (χ3n) is 7.07. The Balaban J connectivity index is 1.37. The molecule has 2 aromatic heterocycles. The van der Waals surface area contributed by atoms with Crippen LogP contribution < -0.4 is 19.9 Å². The van der Waals surface area contributed by atoms with Crippen LogP contribution in [-0.2, 0) is 11.3 Å². The molecule has 2 saturated heterocycles. The van der Waals surface area contributed by atoms with Crippen LogP contribution in [0.3, 0.4) is 0 Å². The molecule has 190 valence electrons. The summed E-state index contributed by atoms with van der Waals surface area (Å²) in [5.41, 5.74) is 2.67. The number of ether oxygens (including phenoxy) is 2. The first-order valence-corrected chi connectivity index (χ1v) is 13.5. The molecule has 3 aliphatic heterocycles. The van der Waals surface area contributed by atoms with Crippen LogP contribution in [0.25, 0.3) is 11.7 Å². The molecule has 0 atom stereocenters. The number of fused-ring (bicyclic) bond motifs is 2. The Morgan fingerprint density at radius 1 is 1.16 bits per heavy atom. The number of anilines is 1. The maximum Gasteiger partial charge on any atom is 0.267 e. The van der Waals surface area contributed by atoms with Crippen molar-refractivity contribution in [3.05, 3.63) is 68.5 Å². The molecule has 8 nitrogen and oxygen atoms in total. The van der Waals surface area contributed by atoms with E-state index in [1.54, 1.807) is 21.6 Å². The molecule has 6 rings (SSSR count). The van der Waals surface area contributed by atoms with Crippen molar-refractivity contribution in [3.8, 4) is 11.5 Å². The lowest BCUT2D eigenvalue weighted by molar-refractivity contribution is -0.122. The van der Waals surface area contributed by atoms with Crippen molar-refractivity contribution in [1.82, 2.24) is 14.3 Å². The second kappa shape index (κ2) is 9.50. The monoisotopic (exact) mass is 534 g/mol. The SMILES string of the molecule is Cc1cccn2c(=O)c(/C=C3\SC(=S)N(Cc4ccc5c(c4)OCO5)C3=O)c(N3CCC(C)CC3)nc12. The summed E-state index contributed by atoms with van der Waals surface area (Å²) in [5, 5.41) is 0. The molecule has 0 spiro atoms. The average Bonchev–Trinajstić information content (AvgIpc) is 3.46. The van der Waals surface area contributed by atoms with Gasteiger partial charge in [-0.1, -0.05) is 43.0 Å². The second-order valence-electron chi connectivity index (χ2n) is 9.66. The van der Waals surface area contributed by atoms with Crippen molar-refractivity contribution < 1.29 is 14.3 Å². The van der Waals surface area contributed by atoms with Crippen molar-refractivity contribution in [3.63, 3.8) is 0 Å². The van der Waals surface area contributed by atoms with Crippen LogP contribution in [0.15, 0.2) is 46.2 Å². The summed E-state index contributed by atoms with van der Waals surface area (Å²) in [6.45, 7) is 6.34. The molecule has 5 heterocycles. The van der Waals surface area contributed by atoms with Gasteiger partial charge in [0.1, 0.15) is 15.8 Å². The summed E-state index contributed by atoms with van der Waals surface area (Å²) in [4.78, 5) is 36.3. The molecule has 0 N–H and O–H groups in total. The van der Waals surface area contributed by atoms with E-state index in [2.05, 4.69) is 11.8 Å². The molecule has 0 radical (unpaired) electrons. The first-order valence-electron chi connectivity index (χ1n) is 12.3. The number of hydrogen-bond acceptors (Lipinski definition) is 8. The number of carbonyl (C=O) groups excluding carboxylic acids is 1. The predicted octanol–water partition coefficient (Wildman–Crippen LogP) is 4.37. The molecular formula is C27H26N4O4S2. The minimum atomic E-state index is -0.223. The number of pyridine rings is 1. The van der Waals surface area contributed by atoms with Gasteiger partial charge >= 0.3 is 0 Å². The van der Waals surface area contributed by atoms with Crippen molar-refractivity contribution in [2.24, 2.45) is 5.92 Å². The number of aromatic nitrogens is 2. The number of rotatable bonds is 4. The van der Waals surface area contributed by atoms with Crippen molar-refractivity contribution in [1.29, 1.82) is 0 Å². The lowest BCUT2D eigenvalue weighted by Gasteiger charge is -2.32. The summed E-state index contributed by atoms with van der Waals surface area (Å²) < 4.78 is 12.9. The average molecular weight is 535 g/mol. The fraction of sp³-hybridized carbons (Fsp3) is 0.333. The molecule has 0 saturated carbocycles. The first kappa shape index (κ1) is 24.0. The maximum absolute atomic E-state index is 13.7. The number of carbonyl (C=O) groups is 1. The minimum absolute atomic E-state index is 0.190. The molecular weight excluding hydrogens is 508 g/mol. The highest BCUT2D eigenvalue weighted by Crippen LogP contribution is 2.37. The van der Waals surface area contributed by atoms with Gasteiger partial charge in [0, 0.05) is 19.3 Å². The number of hydrogen-bond donors (Lipinski definition) is 0. The van der Waals surface area contributed by atoms with Gasteiger partial charge in [-0.25, -0.2) is 4.98 Å². The molecule has 0 bridgehead atoms. The Morgan fingerprint density at radius 2 is 1.95 bits per heavy atom. The summed E-state index contributed by atoms with van der Waals surface area (Å²) in [5.74, 6) is 2.39. The van der Waals surface area contributed by atoms with Gasteiger partial charge in [0.15, 0.2) is 11.5 Å². The van der Waals surface area contributed by atoms with Gasteiger partial charge in [-0.2, -0.15) is 0 Å². The highest BCUT2D eigenvalue weighted by molar-refractivity contribution is 8.26. The van der Waals surface area contributed by atoms with Crippen LogP contribution in [0, 0.1) is 12.8 Å². The zero-order valence-electron chi connectivity index (χ0n) is 20.6. The highest BCUT2D eigenvalue weighted by atomic mass is 32.2. The number of aryl methyl sites for hydroxylation is 1. The van der Waals surface area contributed by atoms with Gasteiger partial charge in [-0.3, -0.25) is 18.9 Å². The Labute approximate surface area is 223 Å². The van der Waals surface area contributed by atoms with Crippen molar-refractivity contribution in [2.75, 3.05) is 24.8 Å². The van der Waals surface area contributed by atoms with E-state index in [9.17, 15) is 9.59 Å². The van der Waals surface area contributed by atoms with Crippen LogP contribution in [0.5, 0.6) is 11.5 Å². The number of benzene rings is 1. The van der Waals surface area contributed by atoms with E-state index in [0.717, 1.165) is 37.1 Å². The van der Waals surface area contributed by atoms with E-state index in [1.165, 1.54) is 11.8 Å². The maximum atomic E-state index is 13.7. The number of amides is 1. The van der Waals surface area contributed by atoms with E-state index in [4.69, 9.17) is 26.7 Å². The van der Waals surface area contributed by atoms with Crippen molar-refractivity contribution in [2.45, 2.75) is 33.2 Å². The molecule has 10 heteroatoms. The third kappa shape index (κ3) is 4.38. The van der Waals surface area contributed by atoms with Gasteiger partial charge in [0.05, 0.1) is 17.0 Å². The largest absolute Gasteiger partial charge is 0.454 e. The number of thiocarbonyl (C=S) groups is 1. The molecule has 1 amide bonds. The zero-order valence-corrected chi connectivity index (χ0v) is 22.2. The fourth-order valence-corrected chi connectivity index (χ4v) is 6.11. The van der Waals surface area contributed by atoms with E-state index in [1.807, 2.05) is 37.3 Å². The Hall–Kier alpha value is -3.37. The molecule has 1 aromatic carbocycles. The summed E-state index contributed by atoms with van der Waals surface area (Å²) >= 11 is 6.78. The van der Waals surface area contributed by atoms with Gasteiger partial charge < -0.3 is 14.4 Å². The van der Waals surface area contributed by atoms with Crippen LogP contribution >= 0.6 is 24.0 Å². The van der Waals surface area contributed by atoms with E-state index >= 15 is 0 Å². The summed E-state index contributed by atoms with van der Waals surface area (Å²) in [7, 11) is 0. The highest BCUT2D eigenvalue weighted by Gasteiger charge is 2.33. The van der Waals surface area contributed by atoms with E-state index in [0.29, 0.717) is 50.2 Å².